The van der Waals surface area contributed by atoms with Crippen LogP contribution < -0.4 is 10.1 Å². The highest BCUT2D eigenvalue weighted by molar-refractivity contribution is 7.03. The van der Waals surface area contributed by atoms with Crippen LogP contribution in [0.5, 0.6) is 0 Å². The van der Waals surface area contributed by atoms with Crippen LogP contribution in [-0.4, -0.2) is 32.9 Å². The van der Waals surface area contributed by atoms with Gasteiger partial charge in [-0.25, -0.2) is 4.39 Å². The summed E-state index contributed by atoms with van der Waals surface area (Å²) in [5.41, 5.74) is 1.27. The summed E-state index contributed by atoms with van der Waals surface area (Å²) >= 11 is 0. The molecule has 1 unspecified atom stereocenters. The number of amides is 1. The molecule has 0 spiro atoms. The van der Waals surface area contributed by atoms with Crippen LogP contribution in [0.3, 0.4) is 0 Å². The van der Waals surface area contributed by atoms with E-state index in [1.54, 1.807) is 29.2 Å². The van der Waals surface area contributed by atoms with Gasteiger partial charge in [0.05, 0.1) is 0 Å². The largest absolute Gasteiger partial charge is 0.431 e. The third-order valence-electron chi connectivity index (χ3n) is 3.99. The molecule has 0 radical (unpaired) electrons. The molecule has 0 aliphatic carbocycles. The molecule has 0 aliphatic rings. The molecule has 130 valence electrons. The summed E-state index contributed by atoms with van der Waals surface area (Å²) in [4.78, 5) is 12.6. The highest BCUT2D eigenvalue weighted by Crippen LogP contribution is 2.35. The van der Waals surface area contributed by atoms with Gasteiger partial charge in [0.25, 0.3) is 11.6 Å². The lowest BCUT2D eigenvalue weighted by atomic mass is 10.1. The standard InChI is InChI=1S/C17H19F4NOSi/c1-6-24(7-2,8-3)14-11-9-10-13(12-14)22(5)15(23)16(4,18)17(19,20)21/h6-12H,1-3H2,4-5H3. The van der Waals surface area contributed by atoms with Gasteiger partial charge in [-0.2, -0.15) is 13.2 Å². The Morgan fingerprint density at radius 2 is 1.62 bits per heavy atom. The van der Waals surface area contributed by atoms with Gasteiger partial charge in [-0.1, -0.05) is 29.2 Å². The molecule has 1 aromatic rings. The lowest BCUT2D eigenvalue weighted by Gasteiger charge is -2.29. The SMILES string of the molecule is C=C[Si](C=C)(C=C)c1cccc(N(C)C(=O)C(C)(F)C(F)(F)F)c1. The van der Waals surface area contributed by atoms with Crippen LogP contribution in [0.15, 0.2) is 61.1 Å². The fourth-order valence-electron chi connectivity index (χ4n) is 2.14. The molecule has 1 amide bonds. The lowest BCUT2D eigenvalue weighted by Crippen LogP contribution is -2.52. The zero-order valence-corrected chi connectivity index (χ0v) is 14.5. The van der Waals surface area contributed by atoms with Gasteiger partial charge in [0.1, 0.15) is 0 Å². The van der Waals surface area contributed by atoms with E-state index in [4.69, 9.17) is 0 Å². The summed E-state index contributed by atoms with van der Waals surface area (Å²) in [5.74, 6) is -1.68. The summed E-state index contributed by atoms with van der Waals surface area (Å²) < 4.78 is 52.1. The summed E-state index contributed by atoms with van der Waals surface area (Å²) in [5, 5.41) is 0.729. The van der Waals surface area contributed by atoms with Crippen LogP contribution in [0, 0.1) is 0 Å². The average molecular weight is 357 g/mol. The molecule has 0 fully saturated rings. The number of carbonyl (C=O) groups excluding carboxylic acids is 1. The Morgan fingerprint density at radius 3 is 2.04 bits per heavy atom. The van der Waals surface area contributed by atoms with Crippen LogP contribution in [0.25, 0.3) is 0 Å². The number of alkyl halides is 4. The van der Waals surface area contributed by atoms with E-state index in [1.165, 1.54) is 12.1 Å². The van der Waals surface area contributed by atoms with Crippen molar-refractivity contribution in [3.63, 3.8) is 0 Å². The number of nitrogens with zero attached hydrogens (tertiary/aromatic N) is 1. The molecule has 7 heteroatoms. The maximum Gasteiger partial charge on any atom is 0.431 e. The molecule has 24 heavy (non-hydrogen) atoms. The smallest absolute Gasteiger partial charge is 0.312 e. The number of hydrogen-bond acceptors (Lipinski definition) is 1. The monoisotopic (exact) mass is 357 g/mol. The number of hydrogen-bond donors (Lipinski definition) is 0. The predicted octanol–water partition coefficient (Wildman–Crippen LogP) is 3.77. The summed E-state index contributed by atoms with van der Waals surface area (Å²) in [6.45, 7) is 11.5. The van der Waals surface area contributed by atoms with Gasteiger partial charge in [-0.15, -0.1) is 19.7 Å². The molecule has 1 rings (SSSR count). The zero-order valence-electron chi connectivity index (χ0n) is 13.5. The van der Waals surface area contributed by atoms with E-state index in [2.05, 4.69) is 19.7 Å². The maximum absolute atomic E-state index is 13.9. The first-order valence-electron chi connectivity index (χ1n) is 7.02. The average Bonchev–Trinajstić information content (AvgIpc) is 2.55. The molecule has 2 nitrogen and oxygen atoms in total. The summed E-state index contributed by atoms with van der Waals surface area (Å²) in [6.07, 6.45) is -5.29. The predicted molar refractivity (Wildman–Crippen MR) is 91.4 cm³/mol. The van der Waals surface area contributed by atoms with Crippen molar-refractivity contribution in [2.45, 2.75) is 18.8 Å². The van der Waals surface area contributed by atoms with Gasteiger partial charge in [0.2, 0.25) is 0 Å². The molecule has 1 atom stereocenters. The third-order valence-corrected chi connectivity index (χ3v) is 7.32. The molecule has 0 saturated carbocycles. The Kier molecular flexibility index (Phi) is 5.61. The Labute approximate surface area is 139 Å². The molecule has 0 heterocycles. The van der Waals surface area contributed by atoms with Crippen molar-refractivity contribution in [3.05, 3.63) is 61.1 Å². The first kappa shape index (κ1) is 19.9. The van der Waals surface area contributed by atoms with Crippen molar-refractivity contribution in [3.8, 4) is 0 Å². The van der Waals surface area contributed by atoms with Crippen LogP contribution in [0.2, 0.25) is 0 Å². The zero-order chi connectivity index (χ0) is 18.8. The van der Waals surface area contributed by atoms with Gasteiger partial charge in [-0.05, 0) is 24.2 Å². The fraction of sp³-hybridized carbons (Fsp3) is 0.235. The molecular weight excluding hydrogens is 338 g/mol. The fourth-order valence-corrected chi connectivity index (χ4v) is 4.13. The van der Waals surface area contributed by atoms with Crippen molar-refractivity contribution >= 4 is 24.9 Å². The first-order chi connectivity index (χ1) is 11.0. The second-order valence-corrected chi connectivity index (χ2v) is 9.13. The van der Waals surface area contributed by atoms with Crippen molar-refractivity contribution in [1.82, 2.24) is 0 Å². The minimum Gasteiger partial charge on any atom is -0.312 e. The number of rotatable bonds is 6. The van der Waals surface area contributed by atoms with E-state index in [1.807, 2.05) is 0 Å². The van der Waals surface area contributed by atoms with Gasteiger partial charge >= 0.3 is 6.18 Å². The van der Waals surface area contributed by atoms with Crippen LogP contribution >= 0.6 is 0 Å². The Balaban J connectivity index is 3.32. The van der Waals surface area contributed by atoms with E-state index in [-0.39, 0.29) is 12.6 Å². The normalized spacial score (nSPS) is 14.4. The molecule has 0 aliphatic heterocycles. The maximum atomic E-state index is 13.9. The highest BCUT2D eigenvalue weighted by atomic mass is 28.3. The van der Waals surface area contributed by atoms with E-state index < -0.39 is 25.8 Å². The first-order valence-corrected chi connectivity index (χ1v) is 9.25. The van der Waals surface area contributed by atoms with Crippen LogP contribution in [0.4, 0.5) is 23.2 Å². The van der Waals surface area contributed by atoms with Gasteiger partial charge in [-0.3, -0.25) is 4.79 Å². The molecule has 0 aromatic heterocycles. The molecule has 1 aromatic carbocycles. The van der Waals surface area contributed by atoms with Crippen LogP contribution in [-0.2, 0) is 4.79 Å². The van der Waals surface area contributed by atoms with Gasteiger partial charge in [0, 0.05) is 12.7 Å². The van der Waals surface area contributed by atoms with Gasteiger partial charge < -0.3 is 4.90 Å². The molecule has 0 N–H and O–H groups in total. The number of benzene rings is 1. The number of carbonyl (C=O) groups is 1. The quantitative estimate of drug-likeness (QED) is 0.561. The van der Waals surface area contributed by atoms with E-state index in [0.717, 1.165) is 12.2 Å². The summed E-state index contributed by atoms with van der Waals surface area (Å²) in [6, 6.07) is 6.29. The van der Waals surface area contributed by atoms with E-state index in [0.29, 0.717) is 4.90 Å². The lowest BCUT2D eigenvalue weighted by molar-refractivity contribution is -0.219. The molecule has 0 bridgehead atoms. The summed E-state index contributed by atoms with van der Waals surface area (Å²) in [7, 11) is -1.35. The minimum absolute atomic E-state index is 0.146. The van der Waals surface area contributed by atoms with Crippen molar-refractivity contribution in [2.75, 3.05) is 11.9 Å². The minimum atomic E-state index is -5.29. The number of anilines is 1. The van der Waals surface area contributed by atoms with Crippen molar-refractivity contribution in [1.29, 1.82) is 0 Å². The second-order valence-electron chi connectivity index (χ2n) is 5.46. The topological polar surface area (TPSA) is 20.3 Å². The molecule has 0 saturated heterocycles. The van der Waals surface area contributed by atoms with E-state index >= 15 is 0 Å². The Bertz CT molecular complexity index is 645. The highest BCUT2D eigenvalue weighted by Gasteiger charge is 2.59. The Hall–Kier alpha value is -2.15. The Morgan fingerprint density at radius 1 is 1.12 bits per heavy atom. The second kappa shape index (κ2) is 6.76. The van der Waals surface area contributed by atoms with Crippen LogP contribution in [0.1, 0.15) is 6.92 Å². The van der Waals surface area contributed by atoms with E-state index in [9.17, 15) is 22.4 Å². The van der Waals surface area contributed by atoms with Crippen molar-refractivity contribution in [2.24, 2.45) is 0 Å². The number of halogens is 4. The van der Waals surface area contributed by atoms with Gasteiger partial charge in [0.15, 0.2) is 8.07 Å². The third kappa shape index (κ3) is 3.35. The molecular formula is C17H19F4NOSi. The van der Waals surface area contributed by atoms with Crippen molar-refractivity contribution < 1.29 is 22.4 Å².